The molecule has 1 aliphatic heterocycles. The number of fused-ring (bicyclic) bond motifs is 1. The van der Waals surface area contributed by atoms with E-state index in [1.807, 2.05) is 0 Å². The predicted octanol–water partition coefficient (Wildman–Crippen LogP) is 2.32. The molecule has 86 valence electrons. The third kappa shape index (κ3) is 1.52. The van der Waals surface area contributed by atoms with Crippen molar-refractivity contribution in [3.05, 3.63) is 29.6 Å². The summed E-state index contributed by atoms with van der Waals surface area (Å²) >= 11 is 0. The monoisotopic (exact) mass is 226 g/mol. The van der Waals surface area contributed by atoms with Gasteiger partial charge in [0.15, 0.2) is 5.82 Å². The quantitative estimate of drug-likeness (QED) is 0.826. The number of hydrogen-bond donors (Lipinski definition) is 2. The number of nitrogens with zero attached hydrogens (tertiary/aromatic N) is 2. The van der Waals surface area contributed by atoms with Crippen LogP contribution in [0.3, 0.4) is 0 Å². The lowest BCUT2D eigenvalue weighted by atomic mass is 10.1. The molecule has 4 rings (SSSR count). The summed E-state index contributed by atoms with van der Waals surface area (Å²) in [6.45, 7) is 1.04. The van der Waals surface area contributed by atoms with E-state index in [0.717, 1.165) is 30.2 Å². The molecule has 1 aromatic carbocycles. The molecule has 0 unspecified atom stereocenters. The number of benzene rings is 1. The van der Waals surface area contributed by atoms with E-state index in [-0.39, 0.29) is 0 Å². The van der Waals surface area contributed by atoms with E-state index in [9.17, 15) is 0 Å². The van der Waals surface area contributed by atoms with Crippen LogP contribution in [0.25, 0.3) is 11.4 Å². The number of hydrogen-bond acceptors (Lipinski definition) is 3. The Morgan fingerprint density at radius 1 is 1.24 bits per heavy atom. The van der Waals surface area contributed by atoms with Crippen LogP contribution in [0, 0.1) is 0 Å². The molecule has 2 N–H and O–H groups in total. The van der Waals surface area contributed by atoms with Gasteiger partial charge >= 0.3 is 0 Å². The van der Waals surface area contributed by atoms with Crippen LogP contribution in [0.15, 0.2) is 18.2 Å². The van der Waals surface area contributed by atoms with Crippen molar-refractivity contribution in [2.45, 2.75) is 25.2 Å². The topological polar surface area (TPSA) is 53.6 Å². The van der Waals surface area contributed by atoms with Crippen LogP contribution in [0.2, 0.25) is 0 Å². The number of nitrogens with one attached hydrogen (secondary N) is 2. The molecule has 0 bridgehead atoms. The molecular weight excluding hydrogens is 212 g/mol. The second kappa shape index (κ2) is 3.32. The van der Waals surface area contributed by atoms with E-state index in [1.165, 1.54) is 24.1 Å². The SMILES string of the molecule is c1cc2c(cc1-c1n[nH]c(C3CC3)n1)NCC2. The third-order valence-electron chi connectivity index (χ3n) is 3.54. The van der Waals surface area contributed by atoms with E-state index in [2.05, 4.69) is 38.7 Å². The van der Waals surface area contributed by atoms with Gasteiger partial charge in [0, 0.05) is 23.7 Å². The van der Waals surface area contributed by atoms with Gasteiger partial charge in [0.1, 0.15) is 5.82 Å². The molecule has 0 spiro atoms. The van der Waals surface area contributed by atoms with E-state index < -0.39 is 0 Å². The summed E-state index contributed by atoms with van der Waals surface area (Å²) in [5.74, 6) is 2.50. The third-order valence-corrected chi connectivity index (χ3v) is 3.54. The van der Waals surface area contributed by atoms with E-state index in [4.69, 9.17) is 0 Å². The molecule has 0 amide bonds. The average Bonchev–Trinajstić information content (AvgIpc) is 2.93. The van der Waals surface area contributed by atoms with Gasteiger partial charge in [-0.25, -0.2) is 4.98 Å². The van der Waals surface area contributed by atoms with E-state index in [0.29, 0.717) is 5.92 Å². The minimum Gasteiger partial charge on any atom is -0.384 e. The lowest BCUT2D eigenvalue weighted by molar-refractivity contribution is 0.935. The molecule has 0 radical (unpaired) electrons. The van der Waals surface area contributed by atoms with Gasteiger partial charge in [0.05, 0.1) is 0 Å². The normalized spacial score (nSPS) is 17.9. The summed E-state index contributed by atoms with van der Waals surface area (Å²) in [5.41, 5.74) is 3.73. The zero-order chi connectivity index (χ0) is 11.2. The fourth-order valence-electron chi connectivity index (χ4n) is 2.37. The van der Waals surface area contributed by atoms with Gasteiger partial charge in [-0.3, -0.25) is 5.10 Å². The highest BCUT2D eigenvalue weighted by molar-refractivity contribution is 5.67. The molecule has 2 heterocycles. The molecule has 17 heavy (non-hydrogen) atoms. The lowest BCUT2D eigenvalue weighted by Gasteiger charge is -2.01. The first-order valence-corrected chi connectivity index (χ1v) is 6.19. The van der Waals surface area contributed by atoms with Crippen LogP contribution in [0.4, 0.5) is 5.69 Å². The highest BCUT2D eigenvalue weighted by Crippen LogP contribution is 2.38. The summed E-state index contributed by atoms with van der Waals surface area (Å²) in [6, 6.07) is 6.45. The van der Waals surface area contributed by atoms with Crippen molar-refractivity contribution in [1.29, 1.82) is 0 Å². The van der Waals surface area contributed by atoms with Crippen molar-refractivity contribution in [1.82, 2.24) is 15.2 Å². The van der Waals surface area contributed by atoms with Gasteiger partial charge in [-0.2, -0.15) is 5.10 Å². The highest BCUT2D eigenvalue weighted by Gasteiger charge is 2.27. The highest BCUT2D eigenvalue weighted by atomic mass is 15.2. The Labute approximate surface area is 99.5 Å². The van der Waals surface area contributed by atoms with E-state index in [1.54, 1.807) is 0 Å². The molecule has 1 fully saturated rings. The zero-order valence-electron chi connectivity index (χ0n) is 9.53. The Morgan fingerprint density at radius 2 is 2.18 bits per heavy atom. The molecule has 1 aromatic heterocycles. The second-order valence-electron chi connectivity index (χ2n) is 4.87. The fraction of sp³-hybridized carbons (Fsp3) is 0.385. The number of aromatic amines is 1. The van der Waals surface area contributed by atoms with Gasteiger partial charge in [0.2, 0.25) is 0 Å². The van der Waals surface area contributed by atoms with Crippen molar-refractivity contribution in [2.75, 3.05) is 11.9 Å². The Bertz CT molecular complexity index is 569. The molecule has 4 heteroatoms. The molecule has 4 nitrogen and oxygen atoms in total. The van der Waals surface area contributed by atoms with Gasteiger partial charge in [-0.1, -0.05) is 12.1 Å². The number of anilines is 1. The van der Waals surface area contributed by atoms with Crippen LogP contribution in [0.1, 0.15) is 30.1 Å². The fourth-order valence-corrected chi connectivity index (χ4v) is 2.37. The van der Waals surface area contributed by atoms with Crippen molar-refractivity contribution < 1.29 is 0 Å². The van der Waals surface area contributed by atoms with Gasteiger partial charge in [-0.15, -0.1) is 0 Å². The number of rotatable bonds is 2. The molecule has 1 aliphatic carbocycles. The van der Waals surface area contributed by atoms with Crippen molar-refractivity contribution in [3.8, 4) is 11.4 Å². The van der Waals surface area contributed by atoms with Crippen LogP contribution < -0.4 is 5.32 Å². The summed E-state index contributed by atoms with van der Waals surface area (Å²) in [6.07, 6.45) is 3.62. The summed E-state index contributed by atoms with van der Waals surface area (Å²) in [4.78, 5) is 4.57. The van der Waals surface area contributed by atoms with Crippen molar-refractivity contribution in [3.63, 3.8) is 0 Å². The van der Waals surface area contributed by atoms with Crippen molar-refractivity contribution in [2.24, 2.45) is 0 Å². The maximum atomic E-state index is 4.57. The van der Waals surface area contributed by atoms with Gasteiger partial charge in [-0.05, 0) is 30.9 Å². The van der Waals surface area contributed by atoms with Gasteiger partial charge in [0.25, 0.3) is 0 Å². The Balaban J connectivity index is 1.72. The first kappa shape index (κ1) is 9.22. The standard InChI is InChI=1S/C13H14N4/c1-4-10(7-11-8(1)5-6-14-11)13-15-12(16-17-13)9-2-3-9/h1,4,7,9,14H,2-3,5-6H2,(H,15,16,17). The number of aromatic nitrogens is 3. The summed E-state index contributed by atoms with van der Waals surface area (Å²) in [5, 5.41) is 10.7. The van der Waals surface area contributed by atoms with Crippen LogP contribution in [-0.4, -0.2) is 21.7 Å². The van der Waals surface area contributed by atoms with Crippen LogP contribution in [0.5, 0.6) is 0 Å². The minimum atomic E-state index is 0.629. The maximum Gasteiger partial charge on any atom is 0.181 e. The largest absolute Gasteiger partial charge is 0.384 e. The first-order valence-electron chi connectivity index (χ1n) is 6.19. The maximum absolute atomic E-state index is 4.57. The first-order chi connectivity index (χ1) is 8.40. The van der Waals surface area contributed by atoms with Gasteiger partial charge < -0.3 is 5.32 Å². The van der Waals surface area contributed by atoms with Crippen molar-refractivity contribution >= 4 is 5.69 Å². The minimum absolute atomic E-state index is 0.629. The summed E-state index contributed by atoms with van der Waals surface area (Å²) < 4.78 is 0. The van der Waals surface area contributed by atoms with Crippen LogP contribution >= 0.6 is 0 Å². The Morgan fingerprint density at radius 3 is 3.06 bits per heavy atom. The second-order valence-corrected chi connectivity index (χ2v) is 4.87. The Hall–Kier alpha value is -1.84. The molecular formula is C13H14N4. The smallest absolute Gasteiger partial charge is 0.181 e. The average molecular weight is 226 g/mol. The molecule has 1 saturated carbocycles. The van der Waals surface area contributed by atoms with Crippen LogP contribution in [-0.2, 0) is 6.42 Å². The number of H-pyrrole nitrogens is 1. The molecule has 0 atom stereocenters. The Kier molecular flexibility index (Phi) is 1.80. The lowest BCUT2D eigenvalue weighted by Crippen LogP contribution is -1.91. The summed E-state index contributed by atoms with van der Waals surface area (Å²) in [7, 11) is 0. The van der Waals surface area contributed by atoms with E-state index >= 15 is 0 Å². The zero-order valence-corrected chi connectivity index (χ0v) is 9.53. The molecule has 2 aromatic rings. The molecule has 0 saturated heterocycles. The predicted molar refractivity (Wildman–Crippen MR) is 66.0 cm³/mol. The molecule has 2 aliphatic rings.